The molecule has 0 aromatic heterocycles. The zero-order chi connectivity index (χ0) is 17.8. The molecule has 6 nitrogen and oxygen atoms in total. The van der Waals surface area contributed by atoms with Crippen LogP contribution in [0.15, 0.2) is 35.5 Å². The number of amides is 1. The van der Waals surface area contributed by atoms with E-state index in [1.165, 1.54) is 0 Å². The zero-order valence-electron chi connectivity index (χ0n) is 13.9. The van der Waals surface area contributed by atoms with Gasteiger partial charge in [0.25, 0.3) is 0 Å². The van der Waals surface area contributed by atoms with Gasteiger partial charge in [-0.3, -0.25) is 4.79 Å². The lowest BCUT2D eigenvalue weighted by Crippen LogP contribution is -2.39. The lowest BCUT2D eigenvalue weighted by Gasteiger charge is -2.24. The fourth-order valence-electron chi connectivity index (χ4n) is 2.28. The van der Waals surface area contributed by atoms with E-state index < -0.39 is 23.5 Å². The molecule has 130 valence electrons. The highest BCUT2D eigenvalue weighted by Gasteiger charge is 2.48. The van der Waals surface area contributed by atoms with Gasteiger partial charge in [-0.25, -0.2) is 9.18 Å². The molecule has 0 aliphatic carbocycles. The first-order chi connectivity index (χ1) is 11.3. The number of nitrogens with one attached hydrogen (secondary N) is 1. The average Bonchev–Trinajstić information content (AvgIpc) is 2.96. The van der Waals surface area contributed by atoms with Gasteiger partial charge < -0.3 is 14.9 Å². The summed E-state index contributed by atoms with van der Waals surface area (Å²) in [6.07, 6.45) is -1.88. The summed E-state index contributed by atoms with van der Waals surface area (Å²) in [4.78, 5) is 28.2. The molecule has 1 amide bonds. The van der Waals surface area contributed by atoms with Crippen LogP contribution in [-0.4, -0.2) is 35.8 Å². The maximum atomic E-state index is 14.7. The normalized spacial score (nSPS) is 21.4. The standard InChI is InChI=1S/C17H21FN2O4/c1-16(2,3)23-15(22)19-10-13-9-17(11-21,24-20-13)14(18)12-7-5-4-6-8-12/h4-8,11,14H,9-10H2,1-3H3,(H,19,22). The molecule has 2 rings (SSSR count). The minimum atomic E-state index is -1.70. The van der Waals surface area contributed by atoms with E-state index in [1.54, 1.807) is 51.1 Å². The lowest BCUT2D eigenvalue weighted by molar-refractivity contribution is -0.137. The third-order valence-electron chi connectivity index (χ3n) is 3.38. The monoisotopic (exact) mass is 336 g/mol. The molecule has 1 heterocycles. The molecule has 1 N–H and O–H groups in total. The number of rotatable bonds is 5. The molecule has 0 saturated heterocycles. The van der Waals surface area contributed by atoms with Gasteiger partial charge in [0, 0.05) is 6.42 Å². The summed E-state index contributed by atoms with van der Waals surface area (Å²) in [6, 6.07) is 8.28. The second-order valence-corrected chi connectivity index (χ2v) is 6.63. The molecule has 0 radical (unpaired) electrons. The van der Waals surface area contributed by atoms with Gasteiger partial charge in [-0.15, -0.1) is 0 Å². The van der Waals surface area contributed by atoms with Gasteiger partial charge in [-0.1, -0.05) is 35.5 Å². The van der Waals surface area contributed by atoms with Gasteiger partial charge in [0.05, 0.1) is 12.3 Å². The Morgan fingerprint density at radius 3 is 2.71 bits per heavy atom. The molecule has 1 aliphatic heterocycles. The minimum Gasteiger partial charge on any atom is -0.444 e. The van der Waals surface area contributed by atoms with Gasteiger partial charge in [0.15, 0.2) is 12.5 Å². The molecule has 7 heteroatoms. The van der Waals surface area contributed by atoms with Crippen molar-refractivity contribution >= 4 is 18.1 Å². The molecular weight excluding hydrogens is 315 g/mol. The Hall–Kier alpha value is -2.44. The first kappa shape index (κ1) is 17.9. The van der Waals surface area contributed by atoms with Crippen molar-refractivity contribution in [2.24, 2.45) is 5.16 Å². The van der Waals surface area contributed by atoms with Crippen LogP contribution in [0.3, 0.4) is 0 Å². The number of aldehydes is 1. The summed E-state index contributed by atoms with van der Waals surface area (Å²) in [7, 11) is 0. The van der Waals surface area contributed by atoms with Crippen LogP contribution in [0.25, 0.3) is 0 Å². The van der Waals surface area contributed by atoms with Gasteiger partial charge in [0.1, 0.15) is 5.60 Å². The van der Waals surface area contributed by atoms with E-state index in [0.717, 1.165) is 0 Å². The second-order valence-electron chi connectivity index (χ2n) is 6.63. The predicted octanol–water partition coefficient (Wildman–Crippen LogP) is 2.94. The van der Waals surface area contributed by atoms with Gasteiger partial charge in [-0.2, -0.15) is 0 Å². The largest absolute Gasteiger partial charge is 0.444 e. The number of nitrogens with zero attached hydrogens (tertiary/aromatic N) is 1. The number of alkyl carbamates (subject to hydrolysis) is 1. The van der Waals surface area contributed by atoms with Crippen LogP contribution in [0.5, 0.6) is 0 Å². The molecule has 0 bridgehead atoms. The number of carbonyl (C=O) groups excluding carboxylic acids is 2. The third-order valence-corrected chi connectivity index (χ3v) is 3.38. The maximum Gasteiger partial charge on any atom is 0.407 e. The van der Waals surface area contributed by atoms with E-state index in [9.17, 15) is 14.0 Å². The highest BCUT2D eigenvalue weighted by atomic mass is 19.1. The number of halogens is 1. The van der Waals surface area contributed by atoms with Gasteiger partial charge in [-0.05, 0) is 26.3 Å². The summed E-state index contributed by atoms with van der Waals surface area (Å²) in [5.41, 5.74) is -1.62. The topological polar surface area (TPSA) is 77.0 Å². The second kappa shape index (κ2) is 6.98. The van der Waals surface area contributed by atoms with Crippen LogP contribution in [0.4, 0.5) is 9.18 Å². The Morgan fingerprint density at radius 1 is 1.46 bits per heavy atom. The number of alkyl halides is 1. The van der Waals surface area contributed by atoms with E-state index in [2.05, 4.69) is 10.5 Å². The van der Waals surface area contributed by atoms with Crippen LogP contribution in [0.1, 0.15) is 38.9 Å². The average molecular weight is 336 g/mol. The molecule has 0 fully saturated rings. The first-order valence-corrected chi connectivity index (χ1v) is 7.62. The van der Waals surface area contributed by atoms with Crippen molar-refractivity contribution in [2.45, 2.75) is 44.6 Å². The molecule has 0 saturated carbocycles. The van der Waals surface area contributed by atoms with Crippen molar-refractivity contribution in [1.82, 2.24) is 5.32 Å². The molecule has 2 unspecified atom stereocenters. The highest BCUT2D eigenvalue weighted by molar-refractivity contribution is 5.93. The molecular formula is C17H21FN2O4. The van der Waals surface area contributed by atoms with E-state index in [1.807, 2.05) is 0 Å². The molecule has 0 spiro atoms. The number of carbonyl (C=O) groups is 2. The SMILES string of the molecule is CC(C)(C)OC(=O)NCC1=NOC(C=O)(C(F)c2ccccc2)C1. The van der Waals surface area contributed by atoms with Crippen molar-refractivity contribution in [3.8, 4) is 0 Å². The van der Waals surface area contributed by atoms with Crippen molar-refractivity contribution in [3.05, 3.63) is 35.9 Å². The smallest absolute Gasteiger partial charge is 0.407 e. The number of benzene rings is 1. The van der Waals surface area contributed by atoms with E-state index in [-0.39, 0.29) is 13.0 Å². The Balaban J connectivity index is 1.96. The van der Waals surface area contributed by atoms with Crippen LogP contribution in [0, 0.1) is 0 Å². The third kappa shape index (κ3) is 4.31. The highest BCUT2D eigenvalue weighted by Crippen LogP contribution is 2.37. The van der Waals surface area contributed by atoms with E-state index >= 15 is 0 Å². The van der Waals surface area contributed by atoms with Crippen molar-refractivity contribution in [2.75, 3.05) is 6.54 Å². The van der Waals surface area contributed by atoms with Gasteiger partial charge >= 0.3 is 6.09 Å². The predicted molar refractivity (Wildman–Crippen MR) is 86.5 cm³/mol. The van der Waals surface area contributed by atoms with Crippen LogP contribution < -0.4 is 5.32 Å². The Bertz CT molecular complexity index is 627. The Labute approximate surface area is 140 Å². The number of hydrogen-bond acceptors (Lipinski definition) is 5. The summed E-state index contributed by atoms with van der Waals surface area (Å²) >= 11 is 0. The lowest BCUT2D eigenvalue weighted by atomic mass is 9.89. The minimum absolute atomic E-state index is 0.0199. The zero-order valence-corrected chi connectivity index (χ0v) is 13.9. The fraction of sp³-hybridized carbons (Fsp3) is 0.471. The summed E-state index contributed by atoms with van der Waals surface area (Å²) in [6.45, 7) is 5.25. The molecule has 1 aliphatic rings. The van der Waals surface area contributed by atoms with Crippen LogP contribution >= 0.6 is 0 Å². The maximum absolute atomic E-state index is 14.7. The molecule has 24 heavy (non-hydrogen) atoms. The Kier molecular flexibility index (Phi) is 5.21. The number of oxime groups is 1. The summed E-state index contributed by atoms with van der Waals surface area (Å²) in [5, 5.41) is 6.26. The molecule has 2 atom stereocenters. The molecule has 1 aromatic carbocycles. The van der Waals surface area contributed by atoms with Crippen molar-refractivity contribution in [3.63, 3.8) is 0 Å². The fourth-order valence-corrected chi connectivity index (χ4v) is 2.28. The Morgan fingerprint density at radius 2 is 2.12 bits per heavy atom. The quantitative estimate of drug-likeness (QED) is 0.839. The van der Waals surface area contributed by atoms with Crippen LogP contribution in [-0.2, 0) is 14.4 Å². The number of ether oxygens (including phenoxy) is 1. The summed E-state index contributed by atoms with van der Waals surface area (Å²) < 4.78 is 19.9. The first-order valence-electron chi connectivity index (χ1n) is 7.62. The van der Waals surface area contributed by atoms with Crippen molar-refractivity contribution in [1.29, 1.82) is 0 Å². The number of hydrogen-bond donors (Lipinski definition) is 1. The van der Waals surface area contributed by atoms with Crippen LogP contribution in [0.2, 0.25) is 0 Å². The van der Waals surface area contributed by atoms with E-state index in [0.29, 0.717) is 17.6 Å². The summed E-state index contributed by atoms with van der Waals surface area (Å²) in [5.74, 6) is 0. The van der Waals surface area contributed by atoms with E-state index in [4.69, 9.17) is 9.57 Å². The van der Waals surface area contributed by atoms with Gasteiger partial charge in [0.2, 0.25) is 5.60 Å². The van der Waals surface area contributed by atoms with Crippen molar-refractivity contribution < 1.29 is 23.6 Å². The molecule has 1 aromatic rings.